The van der Waals surface area contributed by atoms with Crippen molar-refractivity contribution in [3.8, 4) is 0 Å². The molecular weight excluding hydrogens is 186 g/mol. The maximum Gasteiger partial charge on any atom is 0.284 e. The number of nitro benzene ring substituents is 1. The molecule has 0 bridgehead atoms. The molecular formula is C8H9N3O3. The van der Waals surface area contributed by atoms with Crippen molar-refractivity contribution in [3.63, 3.8) is 0 Å². The second-order valence-corrected chi connectivity index (χ2v) is 2.60. The van der Waals surface area contributed by atoms with Crippen LogP contribution in [0.2, 0.25) is 0 Å². The molecule has 0 radical (unpaired) electrons. The number of nitrogens with zero attached hydrogens (tertiary/aromatic N) is 1. The predicted molar refractivity (Wildman–Crippen MR) is 51.2 cm³/mol. The number of nitrogens with one attached hydrogen (secondary N) is 1. The molecule has 0 aromatic heterocycles. The van der Waals surface area contributed by atoms with Gasteiger partial charge >= 0.3 is 0 Å². The first kappa shape index (κ1) is 9.97. The molecule has 1 amide bonds. The molecule has 3 N–H and O–H groups in total. The standard InChI is InChI=1S/C8H9N3O3/c1-10-5-2-3-6(8(9)12)7(4-5)11(13)14/h2-4,10H,1H3,(H2,9,12). The van der Waals surface area contributed by atoms with E-state index in [2.05, 4.69) is 5.32 Å². The van der Waals surface area contributed by atoms with Crippen LogP contribution in [0, 0.1) is 10.1 Å². The van der Waals surface area contributed by atoms with Crippen LogP contribution in [-0.2, 0) is 0 Å². The number of nitro groups is 1. The van der Waals surface area contributed by atoms with Gasteiger partial charge in [-0.05, 0) is 12.1 Å². The molecule has 6 heteroatoms. The number of hydrogen-bond acceptors (Lipinski definition) is 4. The Labute approximate surface area is 79.9 Å². The Hall–Kier alpha value is -2.11. The van der Waals surface area contributed by atoms with Crippen LogP contribution in [0.4, 0.5) is 11.4 Å². The number of benzene rings is 1. The highest BCUT2D eigenvalue weighted by Gasteiger charge is 2.17. The molecule has 0 heterocycles. The van der Waals surface area contributed by atoms with Crippen molar-refractivity contribution >= 4 is 17.3 Å². The van der Waals surface area contributed by atoms with Gasteiger partial charge in [-0.3, -0.25) is 14.9 Å². The zero-order valence-corrected chi connectivity index (χ0v) is 7.48. The molecule has 0 aliphatic carbocycles. The number of amides is 1. The normalized spacial score (nSPS) is 9.50. The fraction of sp³-hybridized carbons (Fsp3) is 0.125. The molecule has 6 nitrogen and oxygen atoms in total. The zero-order valence-electron chi connectivity index (χ0n) is 7.48. The first-order valence-electron chi connectivity index (χ1n) is 3.82. The van der Waals surface area contributed by atoms with Gasteiger partial charge in [0.05, 0.1) is 4.92 Å². The number of carbonyl (C=O) groups excluding carboxylic acids is 1. The van der Waals surface area contributed by atoms with E-state index in [1.165, 1.54) is 12.1 Å². The molecule has 0 saturated heterocycles. The van der Waals surface area contributed by atoms with Gasteiger partial charge < -0.3 is 11.1 Å². The summed E-state index contributed by atoms with van der Waals surface area (Å²) in [5.41, 5.74) is 5.16. The van der Waals surface area contributed by atoms with Gasteiger partial charge in [-0.1, -0.05) is 0 Å². The first-order valence-corrected chi connectivity index (χ1v) is 3.82. The predicted octanol–water partition coefficient (Wildman–Crippen LogP) is 0.735. The third-order valence-electron chi connectivity index (χ3n) is 1.75. The van der Waals surface area contributed by atoms with E-state index in [-0.39, 0.29) is 11.3 Å². The molecule has 0 unspecified atom stereocenters. The van der Waals surface area contributed by atoms with Gasteiger partial charge in [-0.15, -0.1) is 0 Å². The Kier molecular flexibility index (Phi) is 2.66. The average molecular weight is 195 g/mol. The van der Waals surface area contributed by atoms with Crippen molar-refractivity contribution in [2.45, 2.75) is 0 Å². The van der Waals surface area contributed by atoms with Gasteiger partial charge in [-0.25, -0.2) is 0 Å². The zero-order chi connectivity index (χ0) is 10.7. The van der Waals surface area contributed by atoms with E-state index in [9.17, 15) is 14.9 Å². The number of anilines is 1. The lowest BCUT2D eigenvalue weighted by atomic mass is 10.1. The molecule has 14 heavy (non-hydrogen) atoms. The summed E-state index contributed by atoms with van der Waals surface area (Å²) in [6, 6.07) is 4.14. The van der Waals surface area contributed by atoms with E-state index in [1.807, 2.05) is 0 Å². The largest absolute Gasteiger partial charge is 0.388 e. The Morgan fingerprint density at radius 3 is 2.64 bits per heavy atom. The topological polar surface area (TPSA) is 98.3 Å². The quantitative estimate of drug-likeness (QED) is 0.548. The number of carbonyl (C=O) groups is 1. The van der Waals surface area contributed by atoms with Gasteiger partial charge in [0.2, 0.25) is 0 Å². The molecule has 0 atom stereocenters. The SMILES string of the molecule is CNc1ccc(C(N)=O)c([N+](=O)[O-])c1. The van der Waals surface area contributed by atoms with Gasteiger partial charge in [0, 0.05) is 18.8 Å². The molecule has 1 aromatic rings. The summed E-state index contributed by atoms with van der Waals surface area (Å²) in [5, 5.41) is 13.3. The third kappa shape index (κ3) is 1.79. The monoisotopic (exact) mass is 195 g/mol. The number of rotatable bonds is 3. The highest BCUT2D eigenvalue weighted by Crippen LogP contribution is 2.22. The molecule has 0 aliphatic rings. The van der Waals surface area contributed by atoms with Crippen LogP contribution < -0.4 is 11.1 Å². The molecule has 1 rings (SSSR count). The molecule has 1 aromatic carbocycles. The van der Waals surface area contributed by atoms with E-state index in [0.717, 1.165) is 0 Å². The van der Waals surface area contributed by atoms with Gasteiger partial charge in [0.1, 0.15) is 5.56 Å². The fourth-order valence-electron chi connectivity index (χ4n) is 1.05. The Bertz CT molecular complexity index is 389. The molecule has 0 spiro atoms. The average Bonchev–Trinajstić information content (AvgIpc) is 2.16. The number of nitrogens with two attached hydrogens (primary N) is 1. The van der Waals surface area contributed by atoms with E-state index >= 15 is 0 Å². The summed E-state index contributed by atoms with van der Waals surface area (Å²) < 4.78 is 0. The Morgan fingerprint density at radius 2 is 2.21 bits per heavy atom. The highest BCUT2D eigenvalue weighted by molar-refractivity contribution is 5.97. The summed E-state index contributed by atoms with van der Waals surface area (Å²) in [6.45, 7) is 0. The van der Waals surface area contributed by atoms with E-state index in [1.54, 1.807) is 13.1 Å². The minimum atomic E-state index is -0.806. The van der Waals surface area contributed by atoms with Crippen LogP contribution >= 0.6 is 0 Å². The Balaban J connectivity index is 3.31. The van der Waals surface area contributed by atoms with Crippen molar-refractivity contribution in [3.05, 3.63) is 33.9 Å². The van der Waals surface area contributed by atoms with Gasteiger partial charge in [0.15, 0.2) is 0 Å². The molecule has 0 fully saturated rings. The number of hydrogen-bond donors (Lipinski definition) is 2. The summed E-state index contributed by atoms with van der Waals surface area (Å²) >= 11 is 0. The number of primary amides is 1. The van der Waals surface area contributed by atoms with Crippen molar-refractivity contribution in [1.29, 1.82) is 0 Å². The lowest BCUT2D eigenvalue weighted by Gasteiger charge is -2.02. The van der Waals surface area contributed by atoms with Crippen LogP contribution in [0.25, 0.3) is 0 Å². The second-order valence-electron chi connectivity index (χ2n) is 2.60. The molecule has 74 valence electrons. The summed E-state index contributed by atoms with van der Waals surface area (Å²) in [4.78, 5) is 20.7. The minimum Gasteiger partial charge on any atom is -0.388 e. The maximum absolute atomic E-state index is 10.8. The summed E-state index contributed by atoms with van der Waals surface area (Å²) in [5.74, 6) is -0.806. The third-order valence-corrected chi connectivity index (χ3v) is 1.75. The van der Waals surface area contributed by atoms with Gasteiger partial charge in [-0.2, -0.15) is 0 Å². The first-order chi connectivity index (χ1) is 6.56. The molecule has 0 aliphatic heterocycles. The van der Waals surface area contributed by atoms with Crippen molar-refractivity contribution in [1.82, 2.24) is 0 Å². The van der Waals surface area contributed by atoms with Crippen LogP contribution in [0.5, 0.6) is 0 Å². The Morgan fingerprint density at radius 1 is 1.57 bits per heavy atom. The van der Waals surface area contributed by atoms with Crippen molar-refractivity contribution < 1.29 is 9.72 Å². The van der Waals surface area contributed by atoms with Crippen LogP contribution in [0.3, 0.4) is 0 Å². The lowest BCUT2D eigenvalue weighted by molar-refractivity contribution is -0.385. The van der Waals surface area contributed by atoms with E-state index in [4.69, 9.17) is 5.73 Å². The summed E-state index contributed by atoms with van der Waals surface area (Å²) in [7, 11) is 1.63. The van der Waals surface area contributed by atoms with E-state index in [0.29, 0.717) is 5.69 Å². The van der Waals surface area contributed by atoms with Gasteiger partial charge in [0.25, 0.3) is 11.6 Å². The van der Waals surface area contributed by atoms with Crippen molar-refractivity contribution in [2.24, 2.45) is 5.73 Å². The molecule has 0 saturated carbocycles. The fourth-order valence-corrected chi connectivity index (χ4v) is 1.05. The van der Waals surface area contributed by atoms with Crippen molar-refractivity contribution in [2.75, 3.05) is 12.4 Å². The lowest BCUT2D eigenvalue weighted by Crippen LogP contribution is -2.13. The highest BCUT2D eigenvalue weighted by atomic mass is 16.6. The van der Waals surface area contributed by atoms with Crippen LogP contribution in [0.1, 0.15) is 10.4 Å². The minimum absolute atomic E-state index is 0.0889. The van der Waals surface area contributed by atoms with E-state index < -0.39 is 10.8 Å². The van der Waals surface area contributed by atoms with Crippen LogP contribution in [-0.4, -0.2) is 17.9 Å². The smallest absolute Gasteiger partial charge is 0.284 e. The van der Waals surface area contributed by atoms with Crippen LogP contribution in [0.15, 0.2) is 18.2 Å². The maximum atomic E-state index is 10.8. The summed E-state index contributed by atoms with van der Waals surface area (Å²) in [6.07, 6.45) is 0. The second kappa shape index (κ2) is 3.73.